The predicted octanol–water partition coefficient (Wildman–Crippen LogP) is 5.83. The van der Waals surface area contributed by atoms with Gasteiger partial charge in [-0.25, -0.2) is 0 Å². The summed E-state index contributed by atoms with van der Waals surface area (Å²) >= 11 is 0. The fraction of sp³-hybridized carbons (Fsp3) is 0.552. The third-order valence-electron chi connectivity index (χ3n) is 7.61. The SMILES string of the molecule is CCCC[C@]1(CC)CS(O)(O)c2cc(CN[C@@H](CCCCN)C(=O)O)c(OC)cc2[C@@H](c2ccccc2)N1.N.N. The summed E-state index contributed by atoms with van der Waals surface area (Å²) in [5, 5.41) is 16.7. The highest BCUT2D eigenvalue weighted by molar-refractivity contribution is 8.24. The molecule has 3 atom stereocenters. The molecular weight excluding hydrogens is 530 g/mol. The number of unbranched alkanes of at least 4 members (excludes halogenated alkanes) is 2. The second-order valence-electron chi connectivity index (χ2n) is 10.3. The van der Waals surface area contributed by atoms with Gasteiger partial charge in [-0.3, -0.25) is 19.2 Å². The molecule has 13 N–H and O–H groups in total. The highest BCUT2D eigenvalue weighted by atomic mass is 32.3. The third-order valence-corrected chi connectivity index (χ3v) is 9.62. The Hall–Kier alpha value is -2.22. The van der Waals surface area contributed by atoms with Crippen molar-refractivity contribution in [2.24, 2.45) is 5.73 Å². The molecule has 3 rings (SSSR count). The fourth-order valence-electron chi connectivity index (χ4n) is 5.33. The molecule has 0 spiro atoms. The molecule has 0 radical (unpaired) electrons. The van der Waals surface area contributed by atoms with Crippen LogP contribution in [-0.2, 0) is 11.3 Å². The molecule has 40 heavy (non-hydrogen) atoms. The van der Waals surface area contributed by atoms with E-state index in [0.717, 1.165) is 43.2 Å². The molecule has 10 nitrogen and oxygen atoms in total. The van der Waals surface area contributed by atoms with Crippen LogP contribution in [0.5, 0.6) is 5.75 Å². The van der Waals surface area contributed by atoms with Crippen molar-refractivity contribution in [2.45, 2.75) is 87.9 Å². The minimum absolute atomic E-state index is 0. The molecule has 1 heterocycles. The molecule has 0 unspecified atom stereocenters. The van der Waals surface area contributed by atoms with E-state index in [9.17, 15) is 19.0 Å². The maximum absolute atomic E-state index is 11.8. The van der Waals surface area contributed by atoms with Crippen molar-refractivity contribution in [3.05, 3.63) is 59.2 Å². The zero-order valence-corrected chi connectivity index (χ0v) is 25.1. The summed E-state index contributed by atoms with van der Waals surface area (Å²) in [6.07, 6.45) is 5.53. The molecule has 0 saturated carbocycles. The lowest BCUT2D eigenvalue weighted by atomic mass is 9.88. The van der Waals surface area contributed by atoms with Crippen LogP contribution in [0.15, 0.2) is 47.4 Å². The number of hydrogen-bond donors (Lipinski definition) is 8. The zero-order chi connectivity index (χ0) is 27.8. The number of aliphatic carboxylic acids is 1. The van der Waals surface area contributed by atoms with Crippen LogP contribution in [0.3, 0.4) is 0 Å². The molecule has 1 aliphatic rings. The number of benzene rings is 2. The highest BCUT2D eigenvalue weighted by Gasteiger charge is 2.42. The Kier molecular flexibility index (Phi) is 14.6. The van der Waals surface area contributed by atoms with Crippen LogP contribution in [0.25, 0.3) is 0 Å². The monoisotopic (exact) mass is 581 g/mol. The summed E-state index contributed by atoms with van der Waals surface area (Å²) in [6, 6.07) is 12.8. The lowest BCUT2D eigenvalue weighted by molar-refractivity contribution is -0.139. The van der Waals surface area contributed by atoms with Gasteiger partial charge >= 0.3 is 5.97 Å². The summed E-state index contributed by atoms with van der Waals surface area (Å²) in [6.45, 7) is 5.00. The van der Waals surface area contributed by atoms with Crippen molar-refractivity contribution in [3.8, 4) is 5.75 Å². The average molecular weight is 582 g/mol. The van der Waals surface area contributed by atoms with Crippen LogP contribution < -0.4 is 33.4 Å². The molecule has 0 aromatic heterocycles. The second-order valence-corrected chi connectivity index (χ2v) is 12.4. The number of ether oxygens (including phenoxy) is 1. The minimum Gasteiger partial charge on any atom is -0.496 e. The molecule has 0 saturated heterocycles. The molecule has 0 aliphatic carbocycles. The number of rotatable bonds is 14. The lowest BCUT2D eigenvalue weighted by Crippen LogP contribution is -2.49. The van der Waals surface area contributed by atoms with Crippen molar-refractivity contribution in [2.75, 3.05) is 19.4 Å². The van der Waals surface area contributed by atoms with Gasteiger partial charge in [0, 0.05) is 23.2 Å². The Morgan fingerprint density at radius 2 is 1.88 bits per heavy atom. The Morgan fingerprint density at radius 3 is 2.45 bits per heavy atom. The van der Waals surface area contributed by atoms with Crippen molar-refractivity contribution in [1.29, 1.82) is 0 Å². The zero-order valence-electron chi connectivity index (χ0n) is 24.3. The number of nitrogens with two attached hydrogens (primary N) is 1. The van der Waals surface area contributed by atoms with E-state index in [0.29, 0.717) is 35.6 Å². The van der Waals surface area contributed by atoms with Gasteiger partial charge in [-0.15, -0.1) is 0 Å². The van der Waals surface area contributed by atoms with E-state index in [-0.39, 0.29) is 30.6 Å². The van der Waals surface area contributed by atoms with Crippen LogP contribution in [0, 0.1) is 0 Å². The first-order chi connectivity index (χ1) is 18.2. The van der Waals surface area contributed by atoms with E-state index in [2.05, 4.69) is 36.6 Å². The van der Waals surface area contributed by atoms with Gasteiger partial charge in [0.2, 0.25) is 0 Å². The smallest absolute Gasteiger partial charge is 0.320 e. The molecule has 2 aromatic rings. The first-order valence-electron chi connectivity index (χ1n) is 13.7. The molecule has 0 amide bonds. The number of methoxy groups -OCH3 is 1. The maximum atomic E-state index is 11.8. The van der Waals surface area contributed by atoms with Crippen molar-refractivity contribution in [1.82, 2.24) is 22.9 Å². The largest absolute Gasteiger partial charge is 0.496 e. The van der Waals surface area contributed by atoms with E-state index in [1.807, 2.05) is 24.3 Å². The molecule has 0 fully saturated rings. The number of nitrogens with one attached hydrogen (secondary N) is 2. The predicted molar refractivity (Wildman–Crippen MR) is 164 cm³/mol. The number of hydrogen-bond acceptors (Lipinski definition) is 9. The van der Waals surface area contributed by atoms with E-state index >= 15 is 0 Å². The maximum Gasteiger partial charge on any atom is 0.320 e. The third kappa shape index (κ3) is 8.64. The van der Waals surface area contributed by atoms with E-state index in [4.69, 9.17) is 10.5 Å². The normalized spacial score (nSPS) is 21.1. The number of carboxylic acid groups (broad SMARTS) is 1. The Labute approximate surface area is 241 Å². The van der Waals surface area contributed by atoms with E-state index < -0.39 is 28.1 Å². The Morgan fingerprint density at radius 1 is 1.18 bits per heavy atom. The number of fused-ring (bicyclic) bond motifs is 1. The van der Waals surface area contributed by atoms with E-state index in [1.165, 1.54) is 0 Å². The van der Waals surface area contributed by atoms with E-state index in [1.54, 1.807) is 13.2 Å². The lowest BCUT2D eigenvalue weighted by Gasteiger charge is -2.42. The van der Waals surface area contributed by atoms with Crippen molar-refractivity contribution in [3.63, 3.8) is 0 Å². The average Bonchev–Trinajstić information content (AvgIpc) is 3.01. The van der Waals surface area contributed by atoms with Gasteiger partial charge in [-0.1, -0.05) is 63.4 Å². The van der Waals surface area contributed by atoms with Gasteiger partial charge in [-0.05, 0) is 49.9 Å². The quantitative estimate of drug-likeness (QED) is 0.125. The van der Waals surface area contributed by atoms with Crippen LogP contribution in [-0.4, -0.2) is 51.2 Å². The molecule has 228 valence electrons. The topological polar surface area (TPSA) is 207 Å². The standard InChI is InChI=1S/C29H45N3O5S.2H3N/c1-4-6-15-29(5-2)20-38(35,36)26-17-22(19-31-24(28(33)34)14-10-11-16-30)25(37-3)18-23(26)27(32-29)21-12-8-7-9-13-21;;/h7-9,12-13,17-18,24,27,31-32,35-36H,4-6,10-11,14-16,19-20,30H2,1-3H3,(H,33,34);2*1H3/t24-,27+,29+;;/m0../s1. The van der Waals surface area contributed by atoms with Gasteiger partial charge in [0.05, 0.1) is 23.8 Å². The summed E-state index contributed by atoms with van der Waals surface area (Å²) in [5.74, 6) is -0.113. The van der Waals surface area contributed by atoms with Crippen LogP contribution in [0.4, 0.5) is 0 Å². The highest BCUT2D eigenvalue weighted by Crippen LogP contribution is 2.58. The first-order valence-corrected chi connectivity index (χ1v) is 15.4. The van der Waals surface area contributed by atoms with Crippen molar-refractivity contribution < 1.29 is 23.7 Å². The Bertz CT molecular complexity index is 1060. The fourth-order valence-corrected chi connectivity index (χ4v) is 7.57. The second kappa shape index (κ2) is 16.3. The molecular formula is C29H51N5O5S. The molecule has 1 aliphatic heterocycles. The summed E-state index contributed by atoms with van der Waals surface area (Å²) < 4.78 is 29.1. The van der Waals surface area contributed by atoms with Crippen LogP contribution in [0.2, 0.25) is 0 Å². The van der Waals surface area contributed by atoms with Gasteiger partial charge in [-0.2, -0.15) is 10.6 Å². The van der Waals surface area contributed by atoms with Crippen LogP contribution in [0.1, 0.15) is 81.5 Å². The summed E-state index contributed by atoms with van der Waals surface area (Å²) in [5.41, 5.74) is 7.64. The van der Waals surface area contributed by atoms with Crippen molar-refractivity contribution >= 4 is 16.6 Å². The van der Waals surface area contributed by atoms with Gasteiger partial charge in [0.15, 0.2) is 0 Å². The van der Waals surface area contributed by atoms with Crippen LogP contribution >= 0.6 is 10.6 Å². The number of carboxylic acids is 1. The summed E-state index contributed by atoms with van der Waals surface area (Å²) in [7, 11) is -1.58. The van der Waals surface area contributed by atoms with Gasteiger partial charge < -0.3 is 33.2 Å². The molecule has 2 aromatic carbocycles. The molecule has 0 bridgehead atoms. The van der Waals surface area contributed by atoms with Gasteiger partial charge in [0.1, 0.15) is 11.8 Å². The Balaban J connectivity index is 0.00000400. The van der Waals surface area contributed by atoms with Gasteiger partial charge in [0.25, 0.3) is 0 Å². The summed E-state index contributed by atoms with van der Waals surface area (Å²) in [4.78, 5) is 12.3. The number of carbonyl (C=O) groups is 1. The first kappa shape index (κ1) is 35.8. The molecule has 11 heteroatoms. The minimum atomic E-state index is -3.17.